The van der Waals surface area contributed by atoms with Crippen LogP contribution >= 0.6 is 15.9 Å². The Labute approximate surface area is 167 Å². The third-order valence-corrected chi connectivity index (χ3v) is 5.25. The van der Waals surface area contributed by atoms with Gasteiger partial charge in [-0.05, 0) is 50.6 Å². The number of hydrogen-bond donors (Lipinski definition) is 0. The summed E-state index contributed by atoms with van der Waals surface area (Å²) in [4.78, 5) is 9.31. The molecule has 0 spiro atoms. The van der Waals surface area contributed by atoms with Crippen LogP contribution in [0.25, 0.3) is 28.0 Å². The van der Waals surface area contributed by atoms with Crippen LogP contribution in [0.15, 0.2) is 46.9 Å². The number of hydrogen-bond acceptors (Lipinski definition) is 6. The van der Waals surface area contributed by atoms with E-state index in [0.29, 0.717) is 12.0 Å². The van der Waals surface area contributed by atoms with Crippen molar-refractivity contribution in [1.82, 2.24) is 39.3 Å². The lowest BCUT2D eigenvalue weighted by Crippen LogP contribution is -2.10. The lowest BCUT2D eigenvalue weighted by molar-refractivity contribution is 0.264. The van der Waals surface area contributed by atoms with Crippen molar-refractivity contribution >= 4 is 38.0 Å². The predicted octanol–water partition coefficient (Wildman–Crippen LogP) is 2.78. The minimum Gasteiger partial charge on any atom is -0.456 e. The molecule has 0 radical (unpaired) electrons. The van der Waals surface area contributed by atoms with E-state index in [0.717, 1.165) is 32.4 Å². The highest BCUT2D eigenvalue weighted by Crippen LogP contribution is 2.30. The Hall–Kier alpha value is -3.27. The highest BCUT2D eigenvalue weighted by Gasteiger charge is 2.20. The third-order valence-electron chi connectivity index (χ3n) is 4.61. The largest absolute Gasteiger partial charge is 0.456 e. The number of fused-ring (bicyclic) bond motifs is 2. The van der Waals surface area contributed by atoms with E-state index in [4.69, 9.17) is 4.74 Å². The summed E-state index contributed by atoms with van der Waals surface area (Å²) >= 11 is 3.55. The lowest BCUT2D eigenvalue weighted by atomic mass is 10.3. The van der Waals surface area contributed by atoms with Gasteiger partial charge in [-0.1, -0.05) is 23.3 Å². The Morgan fingerprint density at radius 1 is 1.00 bits per heavy atom. The molecule has 0 unspecified atom stereocenters. The molecule has 0 aliphatic heterocycles. The van der Waals surface area contributed by atoms with Gasteiger partial charge in [-0.3, -0.25) is 0 Å². The first-order valence-electron chi connectivity index (χ1n) is 8.56. The second-order valence-corrected chi connectivity index (χ2v) is 7.16. The van der Waals surface area contributed by atoms with E-state index < -0.39 is 0 Å². The van der Waals surface area contributed by atoms with Crippen LogP contribution < -0.4 is 4.74 Å². The molecule has 9 nitrogen and oxygen atoms in total. The maximum Gasteiger partial charge on any atom is 0.305 e. The molecule has 140 valence electrons. The van der Waals surface area contributed by atoms with Crippen LogP contribution in [-0.4, -0.2) is 39.3 Å². The van der Waals surface area contributed by atoms with Gasteiger partial charge in [0.25, 0.3) is 5.95 Å². The quantitative estimate of drug-likeness (QED) is 0.428. The van der Waals surface area contributed by atoms with Gasteiger partial charge in [-0.25, -0.2) is 14.2 Å². The van der Waals surface area contributed by atoms with Crippen LogP contribution in [0.2, 0.25) is 0 Å². The Kier molecular flexibility index (Phi) is 3.86. The molecule has 5 aromatic rings. The minimum absolute atomic E-state index is 0.261. The van der Waals surface area contributed by atoms with Crippen LogP contribution in [0.5, 0.6) is 6.01 Å². The number of aromatic nitrogens is 8. The molecule has 0 aliphatic rings. The first kappa shape index (κ1) is 16.9. The number of rotatable bonds is 4. The number of nitrogens with zero attached hydrogens (tertiary/aromatic N) is 8. The van der Waals surface area contributed by atoms with Crippen LogP contribution in [0, 0.1) is 0 Å². The topological polar surface area (TPSA) is 88.5 Å². The van der Waals surface area contributed by atoms with Gasteiger partial charge < -0.3 is 9.30 Å². The fraction of sp³-hybridized carbons (Fsp3) is 0.167. The first-order valence-corrected chi connectivity index (χ1v) is 9.35. The van der Waals surface area contributed by atoms with Crippen molar-refractivity contribution in [2.24, 2.45) is 14.1 Å². The number of para-hydroxylation sites is 3. The average Bonchev–Trinajstić information content (AvgIpc) is 3.36. The Morgan fingerprint density at radius 2 is 1.82 bits per heavy atom. The fourth-order valence-corrected chi connectivity index (χ4v) is 3.65. The molecule has 0 aliphatic carbocycles. The summed E-state index contributed by atoms with van der Waals surface area (Å²) in [7, 11) is 3.74. The monoisotopic (exact) mass is 438 g/mol. The van der Waals surface area contributed by atoms with E-state index in [1.165, 1.54) is 0 Å². The summed E-state index contributed by atoms with van der Waals surface area (Å²) in [6, 6.07) is 14.2. The zero-order chi connectivity index (χ0) is 19.3. The van der Waals surface area contributed by atoms with Crippen molar-refractivity contribution in [3.63, 3.8) is 0 Å². The zero-order valence-electron chi connectivity index (χ0n) is 15.1. The van der Waals surface area contributed by atoms with Gasteiger partial charge in [0, 0.05) is 18.6 Å². The van der Waals surface area contributed by atoms with Crippen molar-refractivity contribution < 1.29 is 4.74 Å². The summed E-state index contributed by atoms with van der Waals surface area (Å²) in [5.74, 6) is 1.32. The fourth-order valence-electron chi connectivity index (χ4n) is 3.20. The van der Waals surface area contributed by atoms with Gasteiger partial charge in [0.2, 0.25) is 0 Å². The molecule has 0 fully saturated rings. The molecule has 0 saturated carbocycles. The van der Waals surface area contributed by atoms with Gasteiger partial charge in [0.05, 0.1) is 16.6 Å². The highest BCUT2D eigenvalue weighted by molar-refractivity contribution is 9.10. The second-order valence-electron chi connectivity index (χ2n) is 6.30. The van der Waals surface area contributed by atoms with E-state index in [1.54, 1.807) is 16.3 Å². The molecule has 2 aromatic carbocycles. The molecule has 5 rings (SSSR count). The Morgan fingerprint density at radius 3 is 2.61 bits per heavy atom. The normalized spacial score (nSPS) is 11.5. The number of aryl methyl sites for hydroxylation is 2. The molecule has 0 bridgehead atoms. The van der Waals surface area contributed by atoms with Crippen LogP contribution in [0.1, 0.15) is 5.82 Å². The van der Waals surface area contributed by atoms with Crippen LogP contribution in [0.3, 0.4) is 0 Å². The number of halogens is 1. The van der Waals surface area contributed by atoms with Gasteiger partial charge >= 0.3 is 6.01 Å². The number of tetrazole rings is 1. The summed E-state index contributed by atoms with van der Waals surface area (Å²) < 4.78 is 12.3. The molecule has 28 heavy (non-hydrogen) atoms. The number of ether oxygens (including phenoxy) is 1. The molecular formula is C18H15BrN8O. The second kappa shape index (κ2) is 6.41. The van der Waals surface area contributed by atoms with E-state index in [2.05, 4.69) is 41.4 Å². The standard InChI is InChI=1S/C18H15BrN8O/c1-25-13-8-4-3-7-12(13)20-15(25)10-28-18-21-16-11(19)6-5-9-14(16)27(18)17-22-23-24-26(17)2/h3-9H,10H2,1-2H3. The summed E-state index contributed by atoms with van der Waals surface area (Å²) in [5, 5.41) is 11.8. The maximum absolute atomic E-state index is 6.09. The SMILES string of the molecule is Cn1nnnc1-n1c(OCc2nc3ccccc3n2C)nc2c(Br)cccc21. The molecule has 0 saturated heterocycles. The van der Waals surface area contributed by atoms with Gasteiger partial charge in [0.15, 0.2) is 0 Å². The maximum atomic E-state index is 6.09. The lowest BCUT2D eigenvalue weighted by Gasteiger charge is -2.08. The highest BCUT2D eigenvalue weighted by atomic mass is 79.9. The first-order chi connectivity index (χ1) is 13.6. The molecule has 3 heterocycles. The smallest absolute Gasteiger partial charge is 0.305 e. The summed E-state index contributed by atoms with van der Waals surface area (Å²) in [5.41, 5.74) is 3.59. The third kappa shape index (κ3) is 2.56. The van der Waals surface area contributed by atoms with E-state index >= 15 is 0 Å². The van der Waals surface area contributed by atoms with Gasteiger partial charge in [-0.15, -0.1) is 0 Å². The van der Waals surface area contributed by atoms with Crippen molar-refractivity contribution in [3.05, 3.63) is 52.8 Å². The van der Waals surface area contributed by atoms with Gasteiger partial charge in [-0.2, -0.15) is 4.98 Å². The molecule has 0 amide bonds. The predicted molar refractivity (Wildman–Crippen MR) is 106 cm³/mol. The van der Waals surface area contributed by atoms with Crippen molar-refractivity contribution in [2.75, 3.05) is 0 Å². The van der Waals surface area contributed by atoms with Crippen molar-refractivity contribution in [3.8, 4) is 12.0 Å². The van der Waals surface area contributed by atoms with E-state index in [1.807, 2.05) is 54.1 Å². The number of benzene rings is 2. The van der Waals surface area contributed by atoms with Gasteiger partial charge in [0.1, 0.15) is 17.9 Å². The Bertz CT molecular complexity index is 1320. The summed E-state index contributed by atoms with van der Waals surface area (Å²) in [6.07, 6.45) is 0. The molecule has 0 N–H and O–H groups in total. The molecule has 3 aromatic heterocycles. The van der Waals surface area contributed by atoms with Crippen LogP contribution in [-0.2, 0) is 20.7 Å². The molecular weight excluding hydrogens is 424 g/mol. The Balaban J connectivity index is 1.59. The number of imidazole rings is 2. The van der Waals surface area contributed by atoms with E-state index in [-0.39, 0.29) is 6.61 Å². The van der Waals surface area contributed by atoms with Crippen LogP contribution in [0.4, 0.5) is 0 Å². The van der Waals surface area contributed by atoms with E-state index in [9.17, 15) is 0 Å². The zero-order valence-corrected chi connectivity index (χ0v) is 16.7. The molecule has 0 atom stereocenters. The minimum atomic E-state index is 0.261. The molecule has 10 heteroatoms. The summed E-state index contributed by atoms with van der Waals surface area (Å²) in [6.45, 7) is 0.261. The van der Waals surface area contributed by atoms with Crippen molar-refractivity contribution in [2.45, 2.75) is 6.61 Å². The van der Waals surface area contributed by atoms with Crippen molar-refractivity contribution in [1.29, 1.82) is 0 Å². The average molecular weight is 439 g/mol.